The predicted octanol–water partition coefficient (Wildman–Crippen LogP) is 3.93. The molecule has 5 nitrogen and oxygen atoms in total. The minimum absolute atomic E-state index is 0.688. The molecule has 172 valence electrons. The minimum Gasteiger partial charge on any atom is -0.497 e. The van der Waals surface area contributed by atoms with Crippen molar-refractivity contribution < 1.29 is 14.9 Å². The maximum absolute atomic E-state index is 11.5. The fourth-order valence-corrected chi connectivity index (χ4v) is 5.58. The van der Waals surface area contributed by atoms with E-state index in [1.165, 1.54) is 5.69 Å². The summed E-state index contributed by atoms with van der Waals surface area (Å²) in [6.45, 7) is 4.60. The topological polar surface area (TPSA) is 56.2 Å². The molecule has 33 heavy (non-hydrogen) atoms. The van der Waals surface area contributed by atoms with Gasteiger partial charge in [-0.25, -0.2) is 0 Å². The summed E-state index contributed by atoms with van der Waals surface area (Å²) in [5.41, 5.74) is 3.13. The molecule has 2 atom stereocenters. The van der Waals surface area contributed by atoms with Crippen LogP contribution in [0.5, 0.6) is 5.75 Å². The number of aliphatic hydroxyl groups is 2. The van der Waals surface area contributed by atoms with E-state index in [0.717, 1.165) is 55.2 Å². The van der Waals surface area contributed by atoms with Crippen LogP contribution in [0.15, 0.2) is 78.9 Å². The van der Waals surface area contributed by atoms with Crippen LogP contribution in [0.2, 0.25) is 0 Å². The molecule has 1 aliphatic heterocycles. The summed E-state index contributed by atoms with van der Waals surface area (Å²) < 4.78 is 5.38. The number of fused-ring (bicyclic) bond motifs is 1. The summed E-state index contributed by atoms with van der Waals surface area (Å²) in [7, 11) is 1.70. The molecule has 1 aliphatic carbocycles. The Morgan fingerprint density at radius 2 is 1.45 bits per heavy atom. The van der Waals surface area contributed by atoms with Crippen LogP contribution in [0.4, 0.5) is 5.69 Å². The summed E-state index contributed by atoms with van der Waals surface area (Å²) >= 11 is 0. The van der Waals surface area contributed by atoms with Gasteiger partial charge in [0.2, 0.25) is 0 Å². The van der Waals surface area contributed by atoms with Crippen molar-refractivity contribution in [2.24, 2.45) is 0 Å². The van der Waals surface area contributed by atoms with Crippen LogP contribution >= 0.6 is 0 Å². The van der Waals surface area contributed by atoms with Gasteiger partial charge in [-0.3, -0.25) is 4.90 Å². The number of hydrogen-bond donors (Lipinski definition) is 2. The maximum Gasteiger partial charge on any atom is 0.120 e. The van der Waals surface area contributed by atoms with E-state index in [1.807, 2.05) is 66.7 Å². The lowest BCUT2D eigenvalue weighted by Crippen LogP contribution is -2.48. The lowest BCUT2D eigenvalue weighted by molar-refractivity contribution is -0.00757. The smallest absolute Gasteiger partial charge is 0.120 e. The number of aliphatic hydroxyl groups excluding tert-OH is 2. The van der Waals surface area contributed by atoms with Gasteiger partial charge in [0, 0.05) is 37.9 Å². The molecular weight excluding hydrogens is 412 g/mol. The third-order valence-corrected chi connectivity index (χ3v) is 7.50. The van der Waals surface area contributed by atoms with Crippen molar-refractivity contribution in [3.63, 3.8) is 0 Å². The summed E-state index contributed by atoms with van der Waals surface area (Å²) in [6.07, 6.45) is -0.777. The second-order valence-corrected chi connectivity index (χ2v) is 9.12. The van der Waals surface area contributed by atoms with E-state index < -0.39 is 17.6 Å². The van der Waals surface area contributed by atoms with Crippen LogP contribution < -0.4 is 9.64 Å². The van der Waals surface area contributed by atoms with Gasteiger partial charge in [0.15, 0.2) is 0 Å². The zero-order valence-corrected chi connectivity index (χ0v) is 19.1. The molecule has 5 heteroatoms. The largest absolute Gasteiger partial charge is 0.497 e. The van der Waals surface area contributed by atoms with Crippen molar-refractivity contribution in [2.75, 3.05) is 44.7 Å². The number of ether oxygens (including phenoxy) is 1. The number of hydrogen-bond acceptors (Lipinski definition) is 5. The highest BCUT2D eigenvalue weighted by Crippen LogP contribution is 2.56. The zero-order valence-electron chi connectivity index (χ0n) is 19.1. The van der Waals surface area contributed by atoms with Gasteiger partial charge >= 0.3 is 0 Å². The Bertz CT molecular complexity index is 1050. The Labute approximate surface area is 195 Å². The zero-order chi connectivity index (χ0) is 22.8. The Hall–Kier alpha value is -2.86. The first-order chi connectivity index (χ1) is 16.1. The number of nitrogens with zero attached hydrogens (tertiary/aromatic N) is 2. The molecule has 0 bridgehead atoms. The molecule has 5 rings (SSSR count). The van der Waals surface area contributed by atoms with E-state index in [2.05, 4.69) is 21.9 Å². The van der Waals surface area contributed by atoms with E-state index in [4.69, 9.17) is 4.74 Å². The van der Waals surface area contributed by atoms with E-state index in [9.17, 15) is 10.2 Å². The minimum atomic E-state index is -0.741. The van der Waals surface area contributed by atoms with Crippen LogP contribution in [0.3, 0.4) is 0 Å². The van der Waals surface area contributed by atoms with Crippen molar-refractivity contribution in [3.8, 4) is 5.75 Å². The van der Waals surface area contributed by atoms with E-state index in [-0.39, 0.29) is 0 Å². The normalized spacial score (nSPS) is 25.1. The number of anilines is 1. The third kappa shape index (κ3) is 3.90. The van der Waals surface area contributed by atoms with E-state index in [0.29, 0.717) is 6.42 Å². The van der Waals surface area contributed by atoms with Crippen molar-refractivity contribution in [1.82, 2.24) is 4.90 Å². The average Bonchev–Trinajstić information content (AvgIpc) is 3.11. The Morgan fingerprint density at radius 3 is 2.09 bits per heavy atom. The van der Waals surface area contributed by atoms with Crippen LogP contribution in [-0.2, 0) is 5.41 Å². The maximum atomic E-state index is 11.5. The summed E-state index contributed by atoms with van der Waals surface area (Å²) in [6, 6.07) is 26.0. The quantitative estimate of drug-likeness (QED) is 0.604. The lowest BCUT2D eigenvalue weighted by atomic mass is 9.71. The van der Waals surface area contributed by atoms with Crippen molar-refractivity contribution in [3.05, 3.63) is 95.6 Å². The number of piperazine rings is 1. The van der Waals surface area contributed by atoms with Crippen LogP contribution in [0.1, 0.15) is 35.3 Å². The SMILES string of the molecule is COc1cccc(N2CCN(CCC3(c4ccccc4)C(O)c4ccccc4C3O)CC2)c1. The van der Waals surface area contributed by atoms with Gasteiger partial charge in [0.25, 0.3) is 0 Å². The fourth-order valence-electron chi connectivity index (χ4n) is 5.58. The van der Waals surface area contributed by atoms with Gasteiger partial charge in [-0.15, -0.1) is 0 Å². The van der Waals surface area contributed by atoms with Crippen LogP contribution in [0.25, 0.3) is 0 Å². The highest BCUT2D eigenvalue weighted by atomic mass is 16.5. The molecule has 3 aromatic carbocycles. The van der Waals surface area contributed by atoms with Crippen LogP contribution in [-0.4, -0.2) is 54.9 Å². The van der Waals surface area contributed by atoms with Gasteiger partial charge in [-0.05, 0) is 41.8 Å². The molecule has 0 saturated carbocycles. The van der Waals surface area contributed by atoms with Gasteiger partial charge in [-0.2, -0.15) is 0 Å². The molecule has 1 heterocycles. The first-order valence-corrected chi connectivity index (χ1v) is 11.8. The van der Waals surface area contributed by atoms with E-state index in [1.54, 1.807) is 7.11 Å². The Morgan fingerprint density at radius 1 is 0.818 bits per heavy atom. The number of rotatable bonds is 6. The van der Waals surface area contributed by atoms with Gasteiger partial charge in [0.05, 0.1) is 24.7 Å². The van der Waals surface area contributed by atoms with Crippen molar-refractivity contribution in [2.45, 2.75) is 24.0 Å². The molecule has 0 spiro atoms. The van der Waals surface area contributed by atoms with Crippen LogP contribution in [0, 0.1) is 0 Å². The molecule has 0 amide bonds. The molecule has 0 radical (unpaired) electrons. The standard InChI is InChI=1S/C28H32N2O3/c1-33-23-11-7-10-22(20-23)30-18-16-29(17-19-30)15-14-28(21-8-3-2-4-9-21)26(31)24-12-5-6-13-25(24)27(28)32/h2-13,20,26-27,31-32H,14-19H2,1H3. The highest BCUT2D eigenvalue weighted by Gasteiger charge is 2.53. The highest BCUT2D eigenvalue weighted by molar-refractivity contribution is 5.51. The lowest BCUT2D eigenvalue weighted by Gasteiger charge is -2.41. The molecule has 1 saturated heterocycles. The van der Waals surface area contributed by atoms with Crippen molar-refractivity contribution in [1.29, 1.82) is 0 Å². The first kappa shape index (κ1) is 22.0. The van der Waals surface area contributed by atoms with E-state index >= 15 is 0 Å². The summed E-state index contributed by atoms with van der Waals surface area (Å²) in [4.78, 5) is 4.84. The first-order valence-electron chi connectivity index (χ1n) is 11.8. The summed E-state index contributed by atoms with van der Waals surface area (Å²) in [5, 5.41) is 23.0. The third-order valence-electron chi connectivity index (χ3n) is 7.50. The fraction of sp³-hybridized carbons (Fsp3) is 0.357. The molecule has 2 N–H and O–H groups in total. The molecular formula is C28H32N2O3. The number of methoxy groups -OCH3 is 1. The molecule has 0 aromatic heterocycles. The average molecular weight is 445 g/mol. The molecule has 1 fully saturated rings. The molecule has 2 unspecified atom stereocenters. The predicted molar refractivity (Wildman–Crippen MR) is 131 cm³/mol. The Kier molecular flexibility index (Phi) is 6.11. The second kappa shape index (κ2) is 9.18. The second-order valence-electron chi connectivity index (χ2n) is 9.12. The monoisotopic (exact) mass is 444 g/mol. The van der Waals surface area contributed by atoms with Gasteiger partial charge in [-0.1, -0.05) is 60.7 Å². The molecule has 2 aliphatic rings. The van der Waals surface area contributed by atoms with Crippen molar-refractivity contribution >= 4 is 5.69 Å². The Balaban J connectivity index is 1.32. The summed E-state index contributed by atoms with van der Waals surface area (Å²) in [5.74, 6) is 0.878. The number of benzene rings is 3. The van der Waals surface area contributed by atoms with Gasteiger partial charge in [0.1, 0.15) is 5.75 Å². The van der Waals surface area contributed by atoms with Gasteiger partial charge < -0.3 is 19.8 Å². The molecule has 3 aromatic rings.